The van der Waals surface area contributed by atoms with Crippen molar-refractivity contribution in [3.63, 3.8) is 0 Å². The van der Waals surface area contributed by atoms with Crippen molar-refractivity contribution in [1.29, 1.82) is 0 Å². The lowest BCUT2D eigenvalue weighted by Crippen LogP contribution is -2.59. The van der Waals surface area contributed by atoms with E-state index in [1.165, 1.54) is 71.3 Å². The molecule has 0 aromatic carbocycles. The summed E-state index contributed by atoms with van der Waals surface area (Å²) in [6, 6.07) is 0. The molecule has 7 heteroatoms. The Bertz CT molecular complexity index is 469. The molecule has 0 aromatic rings. The summed E-state index contributed by atoms with van der Waals surface area (Å²) in [6.07, 6.45) is 10.5. The van der Waals surface area contributed by atoms with E-state index in [1.807, 2.05) is 0 Å². The summed E-state index contributed by atoms with van der Waals surface area (Å²) in [4.78, 5) is 11.9. The minimum Gasteiger partial charge on any atom is -0.463 e. The Balaban J connectivity index is 1.93. The van der Waals surface area contributed by atoms with E-state index < -0.39 is 30.7 Å². The lowest BCUT2D eigenvalue weighted by atomic mass is 9.99. The maximum atomic E-state index is 11.9. The number of esters is 1. The molecule has 0 amide bonds. The highest BCUT2D eigenvalue weighted by Gasteiger charge is 2.44. The van der Waals surface area contributed by atoms with Crippen LogP contribution in [0.1, 0.15) is 104 Å². The third-order valence-corrected chi connectivity index (χ3v) is 6.22. The van der Waals surface area contributed by atoms with Gasteiger partial charge in [0, 0.05) is 13.5 Å². The summed E-state index contributed by atoms with van der Waals surface area (Å²) in [5.41, 5.74) is 0. The molecule has 0 aliphatic carbocycles. The molecule has 1 saturated heterocycles. The van der Waals surface area contributed by atoms with Crippen molar-refractivity contribution in [2.24, 2.45) is 5.92 Å². The fourth-order valence-electron chi connectivity index (χ4n) is 4.09. The minimum atomic E-state index is -1.41. The molecule has 190 valence electrons. The Kier molecular flexibility index (Phi) is 16.2. The second kappa shape index (κ2) is 17.7. The Morgan fingerprint density at radius 3 is 1.78 bits per heavy atom. The van der Waals surface area contributed by atoms with Gasteiger partial charge in [-0.25, -0.2) is 0 Å². The van der Waals surface area contributed by atoms with E-state index in [0.29, 0.717) is 6.42 Å². The highest BCUT2D eigenvalue weighted by Crippen LogP contribution is 2.22. The second-order valence-corrected chi connectivity index (χ2v) is 9.61. The topological polar surface area (TPSA) is 105 Å². The summed E-state index contributed by atoms with van der Waals surface area (Å²) in [5.74, 6) is 0.490. The molecule has 5 atom stereocenters. The average molecular weight is 461 g/mol. The van der Waals surface area contributed by atoms with Crippen LogP contribution in [0.3, 0.4) is 0 Å². The first kappa shape index (κ1) is 29.3. The third kappa shape index (κ3) is 12.5. The number of rotatable bonds is 18. The van der Waals surface area contributed by atoms with E-state index in [9.17, 15) is 20.1 Å². The summed E-state index contributed by atoms with van der Waals surface area (Å²) in [6.45, 7) is 4.41. The molecule has 1 rings (SSSR count). The number of methoxy groups -OCH3 is 1. The van der Waals surface area contributed by atoms with E-state index in [0.717, 1.165) is 25.2 Å². The van der Waals surface area contributed by atoms with Gasteiger partial charge in [-0.1, -0.05) is 90.9 Å². The lowest BCUT2D eigenvalue weighted by molar-refractivity contribution is -0.295. The van der Waals surface area contributed by atoms with Gasteiger partial charge in [-0.05, 0) is 12.3 Å². The van der Waals surface area contributed by atoms with E-state index in [1.54, 1.807) is 0 Å². The maximum Gasteiger partial charge on any atom is 0.305 e. The monoisotopic (exact) mass is 460 g/mol. The van der Waals surface area contributed by atoms with Crippen molar-refractivity contribution in [1.82, 2.24) is 0 Å². The van der Waals surface area contributed by atoms with E-state index in [4.69, 9.17) is 14.2 Å². The number of unbranched alkanes of at least 4 members (excludes halogenated alkanes) is 11. The van der Waals surface area contributed by atoms with Crippen LogP contribution in [0, 0.1) is 5.92 Å². The van der Waals surface area contributed by atoms with Crippen LogP contribution in [0.5, 0.6) is 0 Å². The van der Waals surface area contributed by atoms with Crippen LogP contribution in [0.4, 0.5) is 0 Å². The van der Waals surface area contributed by atoms with Gasteiger partial charge in [0.25, 0.3) is 0 Å². The summed E-state index contributed by atoms with van der Waals surface area (Å²) < 4.78 is 15.5. The first-order valence-electron chi connectivity index (χ1n) is 12.7. The SMILES string of the molecule is COC1O[C@H](COC(=O)CCCCCCCCCCCCCCC(C)C)[C@@H](O)[C@H](O)[C@H]1O. The minimum absolute atomic E-state index is 0.179. The van der Waals surface area contributed by atoms with Crippen LogP contribution in [0.25, 0.3) is 0 Å². The fraction of sp³-hybridized carbons (Fsp3) is 0.960. The van der Waals surface area contributed by atoms with Gasteiger partial charge in [-0.3, -0.25) is 4.79 Å². The van der Waals surface area contributed by atoms with Crippen molar-refractivity contribution in [2.75, 3.05) is 13.7 Å². The quantitative estimate of drug-likeness (QED) is 0.209. The Morgan fingerprint density at radius 2 is 1.28 bits per heavy atom. The van der Waals surface area contributed by atoms with Crippen LogP contribution in [-0.2, 0) is 19.0 Å². The molecule has 1 unspecified atom stereocenters. The van der Waals surface area contributed by atoms with Crippen molar-refractivity contribution < 1.29 is 34.3 Å². The zero-order chi connectivity index (χ0) is 23.8. The van der Waals surface area contributed by atoms with Crippen molar-refractivity contribution in [2.45, 2.75) is 134 Å². The van der Waals surface area contributed by atoms with Gasteiger partial charge in [0.1, 0.15) is 31.0 Å². The molecule has 32 heavy (non-hydrogen) atoms. The van der Waals surface area contributed by atoms with Crippen molar-refractivity contribution >= 4 is 5.97 Å². The number of hydrogen-bond acceptors (Lipinski definition) is 7. The number of ether oxygens (including phenoxy) is 3. The molecular formula is C25H48O7. The largest absolute Gasteiger partial charge is 0.463 e. The van der Waals surface area contributed by atoms with Crippen LogP contribution in [-0.4, -0.2) is 65.7 Å². The molecule has 1 heterocycles. The lowest BCUT2D eigenvalue weighted by Gasteiger charge is -2.39. The van der Waals surface area contributed by atoms with Crippen molar-refractivity contribution in [3.05, 3.63) is 0 Å². The van der Waals surface area contributed by atoms with Gasteiger partial charge >= 0.3 is 5.97 Å². The van der Waals surface area contributed by atoms with E-state index in [2.05, 4.69) is 13.8 Å². The number of carbonyl (C=O) groups excluding carboxylic acids is 1. The van der Waals surface area contributed by atoms with Gasteiger partial charge in [0.05, 0.1) is 0 Å². The highest BCUT2D eigenvalue weighted by atomic mass is 16.7. The molecule has 0 saturated carbocycles. The fourth-order valence-corrected chi connectivity index (χ4v) is 4.09. The van der Waals surface area contributed by atoms with E-state index in [-0.39, 0.29) is 12.6 Å². The molecule has 7 nitrogen and oxygen atoms in total. The number of hydrogen-bond donors (Lipinski definition) is 3. The Morgan fingerprint density at radius 1 is 0.781 bits per heavy atom. The molecule has 0 aromatic heterocycles. The van der Waals surface area contributed by atoms with Gasteiger partial charge in [0.2, 0.25) is 0 Å². The zero-order valence-electron chi connectivity index (χ0n) is 20.5. The van der Waals surface area contributed by atoms with E-state index >= 15 is 0 Å². The molecule has 1 aliphatic rings. The summed E-state index contributed by atoms with van der Waals surface area (Å²) >= 11 is 0. The summed E-state index contributed by atoms with van der Waals surface area (Å²) in [7, 11) is 1.33. The number of aliphatic hydroxyl groups is 3. The van der Waals surface area contributed by atoms with Gasteiger partial charge in [-0.2, -0.15) is 0 Å². The van der Waals surface area contributed by atoms with Crippen LogP contribution < -0.4 is 0 Å². The molecule has 0 spiro atoms. The van der Waals surface area contributed by atoms with Crippen LogP contribution in [0.15, 0.2) is 0 Å². The second-order valence-electron chi connectivity index (χ2n) is 9.61. The third-order valence-electron chi connectivity index (χ3n) is 6.22. The van der Waals surface area contributed by atoms with Crippen LogP contribution >= 0.6 is 0 Å². The molecule has 1 fully saturated rings. The van der Waals surface area contributed by atoms with Gasteiger partial charge in [-0.15, -0.1) is 0 Å². The van der Waals surface area contributed by atoms with Crippen molar-refractivity contribution in [3.8, 4) is 0 Å². The first-order valence-corrected chi connectivity index (χ1v) is 12.7. The van der Waals surface area contributed by atoms with Gasteiger partial charge < -0.3 is 29.5 Å². The van der Waals surface area contributed by atoms with Gasteiger partial charge in [0.15, 0.2) is 6.29 Å². The predicted octanol–water partition coefficient (Wildman–Crippen LogP) is 4.10. The molecule has 1 aliphatic heterocycles. The zero-order valence-corrected chi connectivity index (χ0v) is 20.5. The Labute approximate surface area is 194 Å². The Hall–Kier alpha value is -0.730. The molecule has 3 N–H and O–H groups in total. The number of aliphatic hydroxyl groups excluding tert-OH is 3. The molecule has 0 radical (unpaired) electrons. The molecular weight excluding hydrogens is 412 g/mol. The highest BCUT2D eigenvalue weighted by molar-refractivity contribution is 5.69. The van der Waals surface area contributed by atoms with Crippen LogP contribution in [0.2, 0.25) is 0 Å². The normalized spacial score (nSPS) is 25.9. The molecule has 0 bridgehead atoms. The first-order chi connectivity index (χ1) is 15.4. The standard InChI is InChI=1S/C25H48O7/c1-19(2)16-14-12-10-8-6-4-5-7-9-11-13-15-17-21(26)31-18-20-22(27)23(28)24(29)25(30-3)32-20/h19-20,22-25,27-29H,4-18H2,1-3H3/t20-,22-,23+,24-,25?/m1/s1. The smallest absolute Gasteiger partial charge is 0.305 e. The summed E-state index contributed by atoms with van der Waals surface area (Å²) in [5, 5.41) is 29.5. The maximum absolute atomic E-state index is 11.9. The predicted molar refractivity (Wildman–Crippen MR) is 124 cm³/mol. The average Bonchev–Trinajstić information content (AvgIpc) is 2.77. The number of carbonyl (C=O) groups is 1.